The molecular weight excluding hydrogens is 198 g/mol. The van der Waals surface area contributed by atoms with Crippen LogP contribution >= 0.6 is 11.6 Å². The van der Waals surface area contributed by atoms with Crippen LogP contribution in [0, 0.1) is 0 Å². The first-order chi connectivity index (χ1) is 6.72. The van der Waals surface area contributed by atoms with Crippen LogP contribution in [-0.2, 0) is 6.42 Å². The minimum Gasteiger partial charge on any atom is -0.492 e. The Labute approximate surface area is 90.3 Å². The molecule has 0 spiro atoms. The lowest BCUT2D eigenvalue weighted by molar-refractivity contribution is 0.338. The zero-order valence-electron chi connectivity index (χ0n) is 8.66. The van der Waals surface area contributed by atoms with Crippen molar-refractivity contribution < 1.29 is 4.74 Å². The summed E-state index contributed by atoms with van der Waals surface area (Å²) in [5, 5.41) is 0.214. The molecule has 14 heavy (non-hydrogen) atoms. The van der Waals surface area contributed by atoms with Crippen molar-refractivity contribution in [2.75, 3.05) is 6.61 Å². The standard InChI is InChI=1S/C11H16ClNO/c1-3-14-11-6-10(7-13-8-11)5-4-9(2)12/h6-9H,3-5H2,1-2H3. The molecule has 0 amide bonds. The number of nitrogens with zero attached hydrogens (tertiary/aromatic N) is 1. The summed E-state index contributed by atoms with van der Waals surface area (Å²) < 4.78 is 5.36. The van der Waals surface area contributed by atoms with Crippen molar-refractivity contribution in [3.8, 4) is 5.75 Å². The summed E-state index contributed by atoms with van der Waals surface area (Å²) in [5.41, 5.74) is 1.18. The maximum Gasteiger partial charge on any atom is 0.137 e. The third-order valence-electron chi connectivity index (χ3n) is 1.91. The van der Waals surface area contributed by atoms with Crippen LogP contribution in [0.5, 0.6) is 5.75 Å². The van der Waals surface area contributed by atoms with Crippen molar-refractivity contribution in [3.63, 3.8) is 0 Å². The van der Waals surface area contributed by atoms with E-state index in [0.717, 1.165) is 18.6 Å². The highest BCUT2D eigenvalue weighted by molar-refractivity contribution is 6.20. The minimum atomic E-state index is 0.214. The summed E-state index contributed by atoms with van der Waals surface area (Å²) in [7, 11) is 0. The molecule has 0 N–H and O–H groups in total. The number of aromatic nitrogens is 1. The number of halogens is 1. The molecule has 0 saturated carbocycles. The van der Waals surface area contributed by atoms with Crippen LogP contribution in [0.25, 0.3) is 0 Å². The molecule has 0 aliphatic carbocycles. The van der Waals surface area contributed by atoms with Gasteiger partial charge in [-0.25, -0.2) is 0 Å². The molecule has 2 nitrogen and oxygen atoms in total. The topological polar surface area (TPSA) is 22.1 Å². The van der Waals surface area contributed by atoms with Crippen molar-refractivity contribution in [3.05, 3.63) is 24.0 Å². The fraction of sp³-hybridized carbons (Fsp3) is 0.545. The molecule has 0 bridgehead atoms. The van der Waals surface area contributed by atoms with Gasteiger partial charge in [0, 0.05) is 11.6 Å². The second-order valence-corrected chi connectivity index (χ2v) is 4.03. The summed E-state index contributed by atoms with van der Waals surface area (Å²) >= 11 is 5.88. The molecule has 1 atom stereocenters. The molecule has 0 aromatic carbocycles. The van der Waals surface area contributed by atoms with E-state index in [4.69, 9.17) is 16.3 Å². The molecule has 0 fully saturated rings. The van der Waals surface area contributed by atoms with Crippen molar-refractivity contribution in [2.45, 2.75) is 32.1 Å². The molecule has 1 aromatic heterocycles. The quantitative estimate of drug-likeness (QED) is 0.702. The number of alkyl halides is 1. The average Bonchev–Trinajstić information content (AvgIpc) is 2.16. The van der Waals surface area contributed by atoms with E-state index in [1.54, 1.807) is 6.20 Å². The molecule has 0 aliphatic rings. The van der Waals surface area contributed by atoms with Gasteiger partial charge in [-0.3, -0.25) is 4.98 Å². The van der Waals surface area contributed by atoms with Crippen molar-refractivity contribution in [1.82, 2.24) is 4.98 Å². The third kappa shape index (κ3) is 3.97. The van der Waals surface area contributed by atoms with E-state index in [-0.39, 0.29) is 5.38 Å². The van der Waals surface area contributed by atoms with Crippen molar-refractivity contribution in [1.29, 1.82) is 0 Å². The van der Waals surface area contributed by atoms with Gasteiger partial charge < -0.3 is 4.74 Å². The van der Waals surface area contributed by atoms with Gasteiger partial charge in [-0.2, -0.15) is 0 Å². The van der Waals surface area contributed by atoms with Crippen molar-refractivity contribution >= 4 is 11.6 Å². The average molecular weight is 214 g/mol. The Bertz CT molecular complexity index is 276. The second-order valence-electron chi connectivity index (χ2n) is 3.28. The van der Waals surface area contributed by atoms with E-state index >= 15 is 0 Å². The Balaban J connectivity index is 2.54. The van der Waals surface area contributed by atoms with Crippen LogP contribution < -0.4 is 4.74 Å². The van der Waals surface area contributed by atoms with Gasteiger partial charge in [0.15, 0.2) is 0 Å². The molecule has 0 saturated heterocycles. The summed E-state index contributed by atoms with van der Waals surface area (Å²) in [4.78, 5) is 4.11. The Morgan fingerprint density at radius 1 is 1.50 bits per heavy atom. The Morgan fingerprint density at radius 3 is 2.93 bits per heavy atom. The fourth-order valence-corrected chi connectivity index (χ4v) is 1.32. The van der Waals surface area contributed by atoms with Crippen LogP contribution in [0.15, 0.2) is 18.5 Å². The second kappa shape index (κ2) is 5.86. The molecule has 1 unspecified atom stereocenters. The SMILES string of the molecule is CCOc1cncc(CCC(C)Cl)c1. The number of hydrogen-bond donors (Lipinski definition) is 0. The summed E-state index contributed by atoms with van der Waals surface area (Å²) in [6.07, 6.45) is 5.52. The lowest BCUT2D eigenvalue weighted by Gasteiger charge is -2.06. The van der Waals surface area contributed by atoms with Crippen LogP contribution in [-0.4, -0.2) is 17.0 Å². The third-order valence-corrected chi connectivity index (χ3v) is 2.13. The summed E-state index contributed by atoms with van der Waals surface area (Å²) in [6.45, 7) is 4.64. The number of aryl methyl sites for hydroxylation is 1. The monoisotopic (exact) mass is 213 g/mol. The fourth-order valence-electron chi connectivity index (χ4n) is 1.21. The Morgan fingerprint density at radius 2 is 2.29 bits per heavy atom. The minimum absolute atomic E-state index is 0.214. The van der Waals surface area contributed by atoms with Gasteiger partial charge in [0.1, 0.15) is 5.75 Å². The largest absolute Gasteiger partial charge is 0.492 e. The molecular formula is C11H16ClNO. The van der Waals surface area contributed by atoms with Crippen LogP contribution in [0.3, 0.4) is 0 Å². The van der Waals surface area contributed by atoms with Gasteiger partial charge in [-0.1, -0.05) is 0 Å². The van der Waals surface area contributed by atoms with Crippen LogP contribution in [0.2, 0.25) is 0 Å². The van der Waals surface area contributed by atoms with E-state index in [9.17, 15) is 0 Å². The molecule has 1 heterocycles. The smallest absolute Gasteiger partial charge is 0.137 e. The molecule has 1 rings (SSSR count). The van der Waals surface area contributed by atoms with Crippen molar-refractivity contribution in [2.24, 2.45) is 0 Å². The molecule has 1 aromatic rings. The van der Waals surface area contributed by atoms with Gasteiger partial charge in [0.2, 0.25) is 0 Å². The molecule has 78 valence electrons. The van der Waals surface area contributed by atoms with Crippen LogP contribution in [0.1, 0.15) is 25.8 Å². The summed E-state index contributed by atoms with van der Waals surface area (Å²) in [5.74, 6) is 0.840. The molecule has 3 heteroatoms. The van der Waals surface area contributed by atoms with E-state index < -0.39 is 0 Å². The first-order valence-electron chi connectivity index (χ1n) is 4.93. The molecule has 0 aliphatic heterocycles. The van der Waals surface area contributed by atoms with E-state index in [1.807, 2.05) is 26.1 Å². The number of hydrogen-bond acceptors (Lipinski definition) is 2. The lowest BCUT2D eigenvalue weighted by atomic mass is 10.1. The number of ether oxygens (including phenoxy) is 1. The maximum absolute atomic E-state index is 5.88. The highest BCUT2D eigenvalue weighted by Gasteiger charge is 2.00. The Kier molecular flexibility index (Phi) is 4.74. The normalized spacial score (nSPS) is 12.5. The Hall–Kier alpha value is -0.760. The number of pyridine rings is 1. The van der Waals surface area contributed by atoms with Gasteiger partial charge in [-0.05, 0) is 38.3 Å². The maximum atomic E-state index is 5.88. The van der Waals surface area contributed by atoms with E-state index in [2.05, 4.69) is 4.98 Å². The van der Waals surface area contributed by atoms with Crippen LogP contribution in [0.4, 0.5) is 0 Å². The predicted octanol–water partition coefficient (Wildman–Crippen LogP) is 3.04. The van der Waals surface area contributed by atoms with Gasteiger partial charge >= 0.3 is 0 Å². The molecule has 0 radical (unpaired) electrons. The van der Waals surface area contributed by atoms with Gasteiger partial charge in [-0.15, -0.1) is 11.6 Å². The van der Waals surface area contributed by atoms with Gasteiger partial charge in [0.05, 0.1) is 12.8 Å². The highest BCUT2D eigenvalue weighted by Crippen LogP contribution is 2.14. The summed E-state index contributed by atoms with van der Waals surface area (Å²) in [6, 6.07) is 2.02. The van der Waals surface area contributed by atoms with E-state index in [1.165, 1.54) is 5.56 Å². The lowest BCUT2D eigenvalue weighted by Crippen LogP contribution is -1.97. The van der Waals surface area contributed by atoms with Gasteiger partial charge in [0.25, 0.3) is 0 Å². The zero-order valence-corrected chi connectivity index (χ0v) is 9.42. The predicted molar refractivity (Wildman–Crippen MR) is 59.0 cm³/mol. The zero-order chi connectivity index (χ0) is 10.4. The highest BCUT2D eigenvalue weighted by atomic mass is 35.5. The first kappa shape index (κ1) is 11.3. The van der Waals surface area contributed by atoms with E-state index in [0.29, 0.717) is 6.61 Å². The number of rotatable bonds is 5. The first-order valence-corrected chi connectivity index (χ1v) is 5.36.